The van der Waals surface area contributed by atoms with Gasteiger partial charge in [0.25, 0.3) is 0 Å². The van der Waals surface area contributed by atoms with Crippen LogP contribution in [0.2, 0.25) is 0 Å². The van der Waals surface area contributed by atoms with E-state index in [0.717, 1.165) is 7.11 Å². The zero-order valence-corrected chi connectivity index (χ0v) is 14.3. The van der Waals surface area contributed by atoms with Crippen LogP contribution in [0, 0.1) is 29.1 Å². The molecule has 0 aliphatic carbocycles. The number of hydrogen-bond acceptors (Lipinski definition) is 5. The van der Waals surface area contributed by atoms with Gasteiger partial charge in [0, 0.05) is 12.7 Å². The van der Waals surface area contributed by atoms with E-state index in [0.29, 0.717) is 24.3 Å². The van der Waals surface area contributed by atoms with Crippen LogP contribution in [0.1, 0.15) is 23.3 Å². The fourth-order valence-corrected chi connectivity index (χ4v) is 4.84. The summed E-state index contributed by atoms with van der Waals surface area (Å²) in [7, 11) is -3.56. The molecule has 11 heteroatoms. The molecule has 0 saturated carbocycles. The molecule has 0 fully saturated rings. The first-order chi connectivity index (χ1) is 12.6. The van der Waals surface area contributed by atoms with Gasteiger partial charge in [-0.2, -0.15) is 0 Å². The van der Waals surface area contributed by atoms with E-state index >= 15 is 0 Å². The fraction of sp³-hybridized carbons (Fsp3) is 0.250. The average Bonchev–Trinajstić information content (AvgIpc) is 2.80. The van der Waals surface area contributed by atoms with Gasteiger partial charge in [-0.1, -0.05) is 0 Å². The molecule has 1 aliphatic rings. The van der Waals surface area contributed by atoms with E-state index in [9.17, 15) is 40.6 Å². The van der Waals surface area contributed by atoms with Crippen LogP contribution in [0.5, 0.6) is 0 Å². The Labute approximate surface area is 150 Å². The molecular weight excluding hydrogens is 399 g/mol. The minimum absolute atomic E-state index is 0.349. The van der Waals surface area contributed by atoms with E-state index in [1.807, 2.05) is 0 Å². The molecule has 3 atom stereocenters. The predicted molar refractivity (Wildman–Crippen MR) is 81.7 cm³/mol. The van der Waals surface area contributed by atoms with Crippen LogP contribution in [0.15, 0.2) is 29.2 Å². The third-order valence-electron chi connectivity index (χ3n) is 4.01. The fourth-order valence-electron chi connectivity index (χ4n) is 2.79. The van der Waals surface area contributed by atoms with Crippen molar-refractivity contribution in [2.45, 2.75) is 22.4 Å². The molecule has 2 aromatic carbocycles. The van der Waals surface area contributed by atoms with Gasteiger partial charge in [-0.3, -0.25) is 0 Å². The summed E-state index contributed by atoms with van der Waals surface area (Å²) >= 11 is 0. The highest BCUT2D eigenvalue weighted by Gasteiger charge is 2.49. The first-order valence-electron chi connectivity index (χ1n) is 7.24. The average molecular weight is 412 g/mol. The summed E-state index contributed by atoms with van der Waals surface area (Å²) in [5.41, 5.74) is -1.15. The van der Waals surface area contributed by atoms with Crippen molar-refractivity contribution in [2.75, 3.05) is 7.11 Å². The molecule has 0 saturated heterocycles. The second-order valence-corrected chi connectivity index (χ2v) is 7.58. The third-order valence-corrected chi connectivity index (χ3v) is 6.21. The van der Waals surface area contributed by atoms with Crippen molar-refractivity contribution in [3.8, 4) is 0 Å². The van der Waals surface area contributed by atoms with E-state index in [1.54, 1.807) is 0 Å². The Kier molecular flexibility index (Phi) is 5.90. The lowest BCUT2D eigenvalue weighted by molar-refractivity contribution is 0.0879. The van der Waals surface area contributed by atoms with E-state index in [1.165, 1.54) is 0 Å². The van der Waals surface area contributed by atoms with Crippen LogP contribution >= 0.6 is 0 Å². The monoisotopic (exact) mass is 412 g/mol. The van der Waals surface area contributed by atoms with Gasteiger partial charge in [-0.05, 0) is 29.8 Å². The lowest BCUT2D eigenvalue weighted by Crippen LogP contribution is -2.29. The Hall–Kier alpha value is -2.08. The maximum absolute atomic E-state index is 13.3. The van der Waals surface area contributed by atoms with Gasteiger partial charge in [0.1, 0.15) is 11.4 Å². The number of fused-ring (bicyclic) bond motifs is 1. The van der Waals surface area contributed by atoms with Crippen molar-refractivity contribution in [1.29, 1.82) is 0 Å². The number of aliphatic hydroxyl groups is 3. The zero-order valence-electron chi connectivity index (χ0n) is 13.5. The second kappa shape index (κ2) is 7.50. The smallest absolute Gasteiger partial charge is 0.194 e. The molecule has 3 unspecified atom stereocenters. The van der Waals surface area contributed by atoms with Gasteiger partial charge in [-0.15, -0.1) is 0 Å². The molecule has 2 aromatic rings. The van der Waals surface area contributed by atoms with Crippen LogP contribution in [0.3, 0.4) is 0 Å². The van der Waals surface area contributed by atoms with Crippen molar-refractivity contribution >= 4 is 9.84 Å². The van der Waals surface area contributed by atoms with Gasteiger partial charge in [0.2, 0.25) is 0 Å². The van der Waals surface area contributed by atoms with Crippen molar-refractivity contribution in [1.82, 2.24) is 0 Å². The number of rotatable bonds is 2. The normalized spacial score (nSPS) is 21.2. The molecule has 3 rings (SSSR count). The molecule has 0 bridgehead atoms. The minimum atomic E-state index is -4.56. The Morgan fingerprint density at radius 1 is 0.889 bits per heavy atom. The summed E-state index contributed by atoms with van der Waals surface area (Å²) < 4.78 is 91.1. The number of hydrogen-bond donors (Lipinski definition) is 3. The van der Waals surface area contributed by atoms with E-state index < -0.39 is 72.4 Å². The standard InChI is InChI=1S/C15H9F5O4S.CH4O/c16-7-3-6-11(4-8(7)17)25(23,24)15(14(6)22)13(21)5-1-9(18)12(20)10(19)2-5;1-2/h1-4,13-15,21-22H;2H,1H3. The molecule has 148 valence electrons. The number of sulfone groups is 1. The van der Waals surface area contributed by atoms with Gasteiger partial charge >= 0.3 is 0 Å². The number of halogens is 5. The summed E-state index contributed by atoms with van der Waals surface area (Å²) in [6.07, 6.45) is -4.16. The largest absolute Gasteiger partial charge is 0.400 e. The van der Waals surface area contributed by atoms with Crippen LogP contribution in [0.25, 0.3) is 0 Å². The molecule has 5 nitrogen and oxygen atoms in total. The first kappa shape index (κ1) is 21.2. The summed E-state index contributed by atoms with van der Waals surface area (Å²) in [5.74, 6) is -8.06. The highest BCUT2D eigenvalue weighted by molar-refractivity contribution is 7.92. The van der Waals surface area contributed by atoms with Gasteiger partial charge < -0.3 is 15.3 Å². The first-order valence-corrected chi connectivity index (χ1v) is 8.78. The van der Waals surface area contributed by atoms with Crippen molar-refractivity contribution in [3.05, 3.63) is 64.5 Å². The van der Waals surface area contributed by atoms with E-state index in [2.05, 4.69) is 0 Å². The molecule has 1 aliphatic heterocycles. The predicted octanol–water partition coefficient (Wildman–Crippen LogP) is 1.91. The van der Waals surface area contributed by atoms with E-state index in [-0.39, 0.29) is 0 Å². The third kappa shape index (κ3) is 3.43. The highest BCUT2D eigenvalue weighted by atomic mass is 32.2. The van der Waals surface area contributed by atoms with Gasteiger partial charge in [0.05, 0.1) is 11.0 Å². The topological polar surface area (TPSA) is 94.8 Å². The minimum Gasteiger partial charge on any atom is -0.400 e. The Balaban J connectivity index is 0.00000126. The summed E-state index contributed by atoms with van der Waals surface area (Å²) in [5, 5.41) is 25.2. The van der Waals surface area contributed by atoms with Crippen molar-refractivity contribution < 1.29 is 45.7 Å². The molecule has 3 N–H and O–H groups in total. The lowest BCUT2D eigenvalue weighted by Gasteiger charge is -2.21. The van der Waals surface area contributed by atoms with Crippen LogP contribution in [-0.4, -0.2) is 36.1 Å². The van der Waals surface area contributed by atoms with Gasteiger partial charge in [-0.25, -0.2) is 30.4 Å². The molecule has 1 heterocycles. The van der Waals surface area contributed by atoms with Gasteiger partial charge in [0.15, 0.2) is 38.9 Å². The number of benzene rings is 2. The zero-order chi connectivity index (χ0) is 20.7. The molecule has 0 amide bonds. The molecule has 0 aromatic heterocycles. The Morgan fingerprint density at radius 2 is 1.37 bits per heavy atom. The Morgan fingerprint density at radius 3 is 1.89 bits per heavy atom. The quantitative estimate of drug-likeness (QED) is 0.398. The summed E-state index contributed by atoms with van der Waals surface area (Å²) in [6, 6.07) is 1.55. The molecule has 27 heavy (non-hydrogen) atoms. The highest BCUT2D eigenvalue weighted by Crippen LogP contribution is 2.45. The maximum Gasteiger partial charge on any atom is 0.194 e. The second-order valence-electron chi connectivity index (χ2n) is 5.50. The van der Waals surface area contributed by atoms with Crippen LogP contribution < -0.4 is 0 Å². The van der Waals surface area contributed by atoms with Crippen molar-refractivity contribution in [3.63, 3.8) is 0 Å². The SMILES string of the molecule is CO.O=S1(=O)c2cc(F)c(F)cc2C(O)C1C(O)c1cc(F)c(F)c(F)c1. The van der Waals surface area contributed by atoms with E-state index in [4.69, 9.17) is 5.11 Å². The number of aliphatic hydroxyl groups excluding tert-OH is 3. The Bertz CT molecular complexity index is 956. The maximum atomic E-state index is 13.3. The molecular formula is C16H13F5O5S. The summed E-state index contributed by atoms with van der Waals surface area (Å²) in [4.78, 5) is -0.744. The molecule has 0 spiro atoms. The van der Waals surface area contributed by atoms with Crippen molar-refractivity contribution in [2.24, 2.45) is 0 Å². The van der Waals surface area contributed by atoms with Crippen LogP contribution in [0.4, 0.5) is 22.0 Å². The van der Waals surface area contributed by atoms with Crippen LogP contribution in [-0.2, 0) is 9.84 Å². The molecule has 0 radical (unpaired) electrons. The lowest BCUT2D eigenvalue weighted by atomic mass is 9.98. The summed E-state index contributed by atoms with van der Waals surface area (Å²) in [6.45, 7) is 0.